The summed E-state index contributed by atoms with van der Waals surface area (Å²) in [6.07, 6.45) is 2.33. The highest BCUT2D eigenvalue weighted by Gasteiger charge is 2.23. The van der Waals surface area contributed by atoms with E-state index >= 15 is 0 Å². The number of anilines is 2. The molecule has 0 bridgehead atoms. The molecule has 3 N–H and O–H groups in total. The maximum Gasteiger partial charge on any atom is 0.229 e. The maximum absolute atomic E-state index is 11.7. The van der Waals surface area contributed by atoms with E-state index in [1.54, 1.807) is 18.2 Å². The standard InChI is InChI=1S/C26H26ClN3O6S/c1-17(36-20-6-4-3-5-7-20)30(19-9-10-22(27)21(15-19)26-28-12-13-35-26)16-25(32)18-8-11-24(31)23(14-18)29-37(2,33)34/h3-15,17,25,29,31-32H,16H2,1-2H3/t17-,25?/m0/s1. The molecule has 37 heavy (non-hydrogen) atoms. The lowest BCUT2D eigenvalue weighted by atomic mass is 10.1. The summed E-state index contributed by atoms with van der Waals surface area (Å²) in [5.41, 5.74) is 1.60. The lowest BCUT2D eigenvalue weighted by molar-refractivity contribution is 0.153. The molecular weight excluding hydrogens is 518 g/mol. The number of nitrogens with zero attached hydrogens (tertiary/aromatic N) is 2. The third kappa shape index (κ3) is 6.73. The van der Waals surface area contributed by atoms with Gasteiger partial charge in [-0.05, 0) is 55.0 Å². The number of sulfonamides is 1. The molecule has 0 fully saturated rings. The third-order valence-electron chi connectivity index (χ3n) is 5.50. The van der Waals surface area contributed by atoms with Crippen LogP contribution in [-0.4, -0.2) is 42.6 Å². The quantitative estimate of drug-likeness (QED) is 0.188. The van der Waals surface area contributed by atoms with Crippen LogP contribution in [0.2, 0.25) is 5.02 Å². The SMILES string of the molecule is C[C@H](Oc1ccccc1)N(CC(O)c1ccc(O)c(NS(C)(=O)=O)c1)c1ccc(Cl)c(-c2ncco2)c1. The summed E-state index contributed by atoms with van der Waals surface area (Å²) in [5.74, 6) is 0.729. The van der Waals surface area contributed by atoms with Crippen LogP contribution in [0.3, 0.4) is 0 Å². The zero-order valence-electron chi connectivity index (χ0n) is 20.1. The summed E-state index contributed by atoms with van der Waals surface area (Å²) in [7, 11) is -3.64. The highest BCUT2D eigenvalue weighted by atomic mass is 35.5. The average molecular weight is 544 g/mol. The fourth-order valence-corrected chi connectivity index (χ4v) is 4.53. The van der Waals surface area contributed by atoms with E-state index in [2.05, 4.69) is 9.71 Å². The van der Waals surface area contributed by atoms with Gasteiger partial charge in [0.25, 0.3) is 0 Å². The predicted octanol–water partition coefficient (Wildman–Crippen LogP) is 5.04. The van der Waals surface area contributed by atoms with E-state index in [9.17, 15) is 18.6 Å². The van der Waals surface area contributed by atoms with Crippen molar-refractivity contribution < 1.29 is 27.8 Å². The summed E-state index contributed by atoms with van der Waals surface area (Å²) >= 11 is 6.41. The highest BCUT2D eigenvalue weighted by Crippen LogP contribution is 2.34. The number of oxazole rings is 1. The molecule has 2 atom stereocenters. The number of para-hydroxylation sites is 1. The molecule has 1 heterocycles. The monoisotopic (exact) mass is 543 g/mol. The number of rotatable bonds is 10. The van der Waals surface area contributed by atoms with E-state index in [1.165, 1.54) is 30.7 Å². The second-order valence-corrected chi connectivity index (χ2v) is 10.5. The smallest absolute Gasteiger partial charge is 0.229 e. The molecule has 4 rings (SSSR count). The van der Waals surface area contributed by atoms with Gasteiger partial charge >= 0.3 is 0 Å². The van der Waals surface area contributed by atoms with Crippen LogP contribution in [0.15, 0.2) is 83.6 Å². The molecule has 1 unspecified atom stereocenters. The molecule has 1 aromatic heterocycles. The highest BCUT2D eigenvalue weighted by molar-refractivity contribution is 7.92. The van der Waals surface area contributed by atoms with Crippen molar-refractivity contribution in [2.75, 3.05) is 22.4 Å². The topological polar surface area (TPSA) is 125 Å². The Morgan fingerprint density at radius 1 is 1.14 bits per heavy atom. The molecule has 0 aliphatic heterocycles. The fraction of sp³-hybridized carbons (Fsp3) is 0.192. The van der Waals surface area contributed by atoms with Crippen LogP contribution < -0.4 is 14.4 Å². The van der Waals surface area contributed by atoms with Crippen molar-refractivity contribution in [1.29, 1.82) is 0 Å². The van der Waals surface area contributed by atoms with Crippen LogP contribution >= 0.6 is 11.6 Å². The number of benzene rings is 3. The molecule has 11 heteroatoms. The van der Waals surface area contributed by atoms with Gasteiger partial charge in [-0.15, -0.1) is 0 Å². The van der Waals surface area contributed by atoms with Crippen LogP contribution in [0.25, 0.3) is 11.5 Å². The van der Waals surface area contributed by atoms with Crippen LogP contribution in [0.5, 0.6) is 11.5 Å². The van der Waals surface area contributed by atoms with Crippen LogP contribution in [0, 0.1) is 0 Å². The van der Waals surface area contributed by atoms with Crippen molar-refractivity contribution >= 4 is 33.0 Å². The van der Waals surface area contributed by atoms with E-state index in [-0.39, 0.29) is 18.0 Å². The van der Waals surface area contributed by atoms with Gasteiger partial charge in [0.15, 0.2) is 6.23 Å². The molecule has 4 aromatic rings. The van der Waals surface area contributed by atoms with Crippen molar-refractivity contribution in [3.63, 3.8) is 0 Å². The molecule has 0 saturated heterocycles. The zero-order chi connectivity index (χ0) is 26.6. The molecule has 9 nitrogen and oxygen atoms in total. The summed E-state index contributed by atoms with van der Waals surface area (Å²) in [4.78, 5) is 6.02. The van der Waals surface area contributed by atoms with Gasteiger partial charge in [-0.2, -0.15) is 0 Å². The van der Waals surface area contributed by atoms with Crippen LogP contribution in [-0.2, 0) is 10.0 Å². The van der Waals surface area contributed by atoms with Crippen molar-refractivity contribution in [2.45, 2.75) is 19.3 Å². The number of hydrogen-bond donors (Lipinski definition) is 3. The van der Waals surface area contributed by atoms with Crippen LogP contribution in [0.1, 0.15) is 18.6 Å². The number of aliphatic hydroxyl groups is 1. The summed E-state index contributed by atoms with van der Waals surface area (Å²) in [6, 6.07) is 18.8. The Morgan fingerprint density at radius 2 is 1.89 bits per heavy atom. The molecule has 3 aromatic carbocycles. The molecular formula is C26H26ClN3O6S. The number of nitrogens with one attached hydrogen (secondary N) is 1. The van der Waals surface area contributed by atoms with E-state index in [0.29, 0.717) is 33.5 Å². The molecule has 0 spiro atoms. The molecule has 0 amide bonds. The van der Waals surface area contributed by atoms with Gasteiger partial charge in [0.05, 0.1) is 41.4 Å². The minimum Gasteiger partial charge on any atom is -0.506 e. The first-order chi connectivity index (χ1) is 17.6. The van der Waals surface area contributed by atoms with Gasteiger partial charge in [-0.25, -0.2) is 13.4 Å². The van der Waals surface area contributed by atoms with Crippen molar-refractivity contribution in [3.05, 3.63) is 89.8 Å². The van der Waals surface area contributed by atoms with Gasteiger partial charge in [0.1, 0.15) is 17.8 Å². The number of halogens is 1. The maximum atomic E-state index is 11.7. The number of aliphatic hydroxyl groups excluding tert-OH is 1. The van der Waals surface area contributed by atoms with Crippen molar-refractivity contribution in [3.8, 4) is 23.0 Å². The fourth-order valence-electron chi connectivity index (χ4n) is 3.77. The Bertz CT molecular complexity index is 1450. The summed E-state index contributed by atoms with van der Waals surface area (Å²) in [6.45, 7) is 1.90. The van der Waals surface area contributed by atoms with Gasteiger partial charge in [0.2, 0.25) is 15.9 Å². The molecule has 194 valence electrons. The number of aromatic hydroxyl groups is 1. The Balaban J connectivity index is 1.68. The summed E-state index contributed by atoms with van der Waals surface area (Å²) < 4.78 is 37.2. The number of phenolic OH excluding ortho intramolecular Hbond substituents is 1. The zero-order valence-corrected chi connectivity index (χ0v) is 21.6. The first kappa shape index (κ1) is 26.3. The minimum absolute atomic E-state index is 0.0307. The third-order valence-corrected chi connectivity index (χ3v) is 6.42. The summed E-state index contributed by atoms with van der Waals surface area (Å²) in [5, 5.41) is 21.7. The Kier molecular flexibility index (Phi) is 7.91. The first-order valence-electron chi connectivity index (χ1n) is 11.3. The lowest BCUT2D eigenvalue weighted by Crippen LogP contribution is -2.40. The molecule has 0 aliphatic rings. The van der Waals surface area contributed by atoms with Gasteiger partial charge in [-0.1, -0.05) is 35.9 Å². The normalized spacial score (nSPS) is 13.1. The second kappa shape index (κ2) is 11.1. The average Bonchev–Trinajstić information content (AvgIpc) is 3.39. The minimum atomic E-state index is -3.64. The number of phenols is 1. The van der Waals surface area contributed by atoms with Crippen LogP contribution in [0.4, 0.5) is 11.4 Å². The largest absolute Gasteiger partial charge is 0.506 e. The van der Waals surface area contributed by atoms with Gasteiger partial charge in [0, 0.05) is 5.69 Å². The Hall–Kier alpha value is -3.73. The Labute approximate surface area is 220 Å². The molecule has 0 saturated carbocycles. The van der Waals surface area contributed by atoms with Gasteiger partial charge in [-0.3, -0.25) is 4.72 Å². The van der Waals surface area contributed by atoms with Crippen molar-refractivity contribution in [1.82, 2.24) is 4.98 Å². The molecule has 0 aliphatic carbocycles. The van der Waals surface area contributed by atoms with Crippen molar-refractivity contribution in [2.24, 2.45) is 0 Å². The molecule has 0 radical (unpaired) electrons. The van der Waals surface area contributed by atoms with Gasteiger partial charge < -0.3 is 24.3 Å². The van der Waals surface area contributed by atoms with E-state index in [1.807, 2.05) is 42.2 Å². The van der Waals surface area contributed by atoms with E-state index in [0.717, 1.165) is 6.26 Å². The number of hydrogen-bond acceptors (Lipinski definition) is 8. The van der Waals surface area contributed by atoms with E-state index in [4.69, 9.17) is 20.8 Å². The number of aromatic nitrogens is 1. The first-order valence-corrected chi connectivity index (χ1v) is 13.5. The Morgan fingerprint density at radius 3 is 2.57 bits per heavy atom. The predicted molar refractivity (Wildman–Crippen MR) is 142 cm³/mol. The second-order valence-electron chi connectivity index (χ2n) is 8.35. The van der Waals surface area contributed by atoms with E-state index < -0.39 is 22.4 Å². The lowest BCUT2D eigenvalue weighted by Gasteiger charge is -2.33. The number of ether oxygens (including phenoxy) is 1.